The van der Waals surface area contributed by atoms with Crippen molar-refractivity contribution in [2.45, 2.75) is 27.7 Å². The van der Waals surface area contributed by atoms with Gasteiger partial charge in [0.05, 0.1) is 0 Å². The van der Waals surface area contributed by atoms with E-state index in [9.17, 15) is 0 Å². The molecule has 1 aliphatic rings. The summed E-state index contributed by atoms with van der Waals surface area (Å²) in [7, 11) is 1.24. The van der Waals surface area contributed by atoms with E-state index in [1.807, 2.05) is 0 Å². The molecule has 0 atom stereocenters. The minimum atomic E-state index is -2.31. The third kappa shape index (κ3) is 2.33. The quantitative estimate of drug-likeness (QED) is 0.700. The minimum Gasteiger partial charge on any atom is -0.374 e. The van der Waals surface area contributed by atoms with Crippen LogP contribution in [0.3, 0.4) is 0 Å². The molecule has 0 spiro atoms. The van der Waals surface area contributed by atoms with Crippen molar-refractivity contribution in [2.75, 3.05) is 40.4 Å². The highest BCUT2D eigenvalue weighted by Gasteiger charge is 2.55. The fourth-order valence-corrected chi connectivity index (χ4v) is 6.36. The predicted molar refractivity (Wildman–Crippen MR) is 68.0 cm³/mol. The van der Waals surface area contributed by atoms with Gasteiger partial charge in [-0.2, -0.15) is 0 Å². The van der Waals surface area contributed by atoms with Crippen LogP contribution in [0.1, 0.15) is 27.7 Å². The Hall–Kier alpha value is 0.0569. The Morgan fingerprint density at radius 2 is 1.38 bits per heavy atom. The zero-order chi connectivity index (χ0) is 12.4. The molecule has 0 N–H and O–H groups in total. The summed E-state index contributed by atoms with van der Waals surface area (Å²) in [6, 6.07) is 0. The van der Waals surface area contributed by atoms with E-state index < -0.39 is 8.88 Å². The lowest BCUT2D eigenvalue weighted by Crippen LogP contribution is -2.75. The molecule has 16 heavy (non-hydrogen) atoms. The molecule has 96 valence electrons. The van der Waals surface area contributed by atoms with Gasteiger partial charge in [-0.15, -0.1) is 0 Å². The molecule has 1 aliphatic heterocycles. The monoisotopic (exact) mass is 246 g/mol. The maximum Gasteiger partial charge on any atom is 0.522 e. The zero-order valence-corrected chi connectivity index (χ0v) is 12.5. The van der Waals surface area contributed by atoms with Crippen molar-refractivity contribution in [3.8, 4) is 0 Å². The molecule has 1 saturated heterocycles. The van der Waals surface area contributed by atoms with Gasteiger partial charge in [-0.25, -0.2) is 0 Å². The summed E-state index contributed by atoms with van der Waals surface area (Å²) in [6.07, 6.45) is 0. The molecule has 4 nitrogen and oxygen atoms in total. The van der Waals surface area contributed by atoms with Crippen molar-refractivity contribution in [1.82, 2.24) is 9.13 Å². The van der Waals surface area contributed by atoms with Gasteiger partial charge in [0, 0.05) is 27.3 Å². The molecule has 0 aromatic heterocycles. The summed E-state index contributed by atoms with van der Waals surface area (Å²) < 4.78 is 16.4. The van der Waals surface area contributed by atoms with Crippen LogP contribution >= 0.6 is 0 Å². The topological polar surface area (TPSA) is 24.9 Å². The first-order valence-electron chi connectivity index (χ1n) is 6.06. The molecular formula is C11H26N2O2Si. The average Bonchev–Trinajstić information content (AvgIpc) is 2.27. The summed E-state index contributed by atoms with van der Waals surface area (Å²) in [4.78, 5) is 0. The number of nitrogens with zero attached hydrogens (tertiary/aromatic N) is 2. The normalized spacial score (nSPS) is 25.9. The summed E-state index contributed by atoms with van der Waals surface area (Å²) in [5.74, 6) is 0. The van der Waals surface area contributed by atoms with Gasteiger partial charge in [0.1, 0.15) is 0 Å². The van der Waals surface area contributed by atoms with Crippen LogP contribution in [0.15, 0.2) is 0 Å². The Kier molecular flexibility index (Phi) is 4.54. The number of rotatable bonds is 4. The van der Waals surface area contributed by atoms with Crippen LogP contribution in [0, 0.1) is 5.41 Å². The molecule has 1 fully saturated rings. The van der Waals surface area contributed by atoms with Crippen molar-refractivity contribution in [3.63, 3.8) is 0 Å². The van der Waals surface area contributed by atoms with Crippen LogP contribution in [-0.4, -0.2) is 58.4 Å². The van der Waals surface area contributed by atoms with Crippen LogP contribution in [-0.2, 0) is 8.85 Å². The highest BCUT2D eigenvalue weighted by atomic mass is 28.4. The molecule has 0 aromatic rings. The van der Waals surface area contributed by atoms with Crippen molar-refractivity contribution >= 4 is 8.88 Å². The molecule has 0 aliphatic carbocycles. The van der Waals surface area contributed by atoms with Gasteiger partial charge in [-0.05, 0) is 18.5 Å². The second-order valence-electron chi connectivity index (χ2n) is 5.15. The summed E-state index contributed by atoms with van der Waals surface area (Å²) in [5, 5.41) is 0. The Morgan fingerprint density at radius 1 is 1.00 bits per heavy atom. The number of hydrogen-bond donors (Lipinski definition) is 0. The van der Waals surface area contributed by atoms with Gasteiger partial charge in [-0.3, -0.25) is 9.13 Å². The molecule has 0 amide bonds. The van der Waals surface area contributed by atoms with Gasteiger partial charge in [0.2, 0.25) is 0 Å². The first-order chi connectivity index (χ1) is 7.45. The molecule has 1 heterocycles. The largest absolute Gasteiger partial charge is 0.522 e. The van der Waals surface area contributed by atoms with Crippen molar-refractivity contribution < 1.29 is 8.85 Å². The van der Waals surface area contributed by atoms with Crippen molar-refractivity contribution in [3.05, 3.63) is 0 Å². The van der Waals surface area contributed by atoms with Gasteiger partial charge in [-0.1, -0.05) is 27.7 Å². The fraction of sp³-hybridized carbons (Fsp3) is 1.00. The van der Waals surface area contributed by atoms with Crippen LogP contribution in [0.4, 0.5) is 0 Å². The van der Waals surface area contributed by atoms with E-state index >= 15 is 0 Å². The molecular weight excluding hydrogens is 220 g/mol. The van der Waals surface area contributed by atoms with Gasteiger partial charge >= 0.3 is 8.88 Å². The third-order valence-electron chi connectivity index (χ3n) is 3.33. The first kappa shape index (κ1) is 14.1. The smallest absolute Gasteiger partial charge is 0.374 e. The van der Waals surface area contributed by atoms with E-state index in [-0.39, 0.29) is 0 Å². The summed E-state index contributed by atoms with van der Waals surface area (Å²) in [6.45, 7) is 13.0. The fourth-order valence-electron chi connectivity index (χ4n) is 2.71. The van der Waals surface area contributed by atoms with E-state index in [1.54, 1.807) is 14.2 Å². The van der Waals surface area contributed by atoms with Crippen molar-refractivity contribution in [1.29, 1.82) is 0 Å². The van der Waals surface area contributed by atoms with Gasteiger partial charge in [0.25, 0.3) is 0 Å². The maximum absolute atomic E-state index is 5.80. The summed E-state index contributed by atoms with van der Waals surface area (Å²) >= 11 is 0. The van der Waals surface area contributed by atoms with E-state index in [0.29, 0.717) is 5.41 Å². The first-order valence-corrected chi connectivity index (χ1v) is 7.77. The molecule has 0 unspecified atom stereocenters. The van der Waals surface area contributed by atoms with E-state index in [1.165, 1.54) is 0 Å². The maximum atomic E-state index is 5.80. The lowest BCUT2D eigenvalue weighted by Gasteiger charge is -2.52. The lowest BCUT2D eigenvalue weighted by atomic mass is 9.93. The Balaban J connectivity index is 3.02. The lowest BCUT2D eigenvalue weighted by molar-refractivity contribution is 0.0275. The minimum absolute atomic E-state index is 0.305. The van der Waals surface area contributed by atoms with Crippen LogP contribution in [0.2, 0.25) is 0 Å². The Labute approximate surface area is 101 Å². The second-order valence-corrected chi connectivity index (χ2v) is 8.33. The molecule has 1 rings (SSSR count). The van der Waals surface area contributed by atoms with Crippen LogP contribution in [0.5, 0.6) is 0 Å². The Morgan fingerprint density at radius 3 is 1.62 bits per heavy atom. The highest BCUT2D eigenvalue weighted by Crippen LogP contribution is 2.32. The predicted octanol–water partition coefficient (Wildman–Crippen LogP) is 1.40. The Bertz CT molecular complexity index is 214. The second kappa shape index (κ2) is 5.14. The van der Waals surface area contributed by atoms with E-state index in [2.05, 4.69) is 36.8 Å². The number of hydrogen-bond acceptors (Lipinski definition) is 4. The molecule has 0 aromatic carbocycles. The van der Waals surface area contributed by atoms with Crippen molar-refractivity contribution in [2.24, 2.45) is 5.41 Å². The van der Waals surface area contributed by atoms with E-state index in [0.717, 1.165) is 26.2 Å². The molecule has 0 radical (unpaired) electrons. The summed E-state index contributed by atoms with van der Waals surface area (Å²) in [5.41, 5.74) is 0.305. The molecule has 0 bridgehead atoms. The van der Waals surface area contributed by atoms with Gasteiger partial charge < -0.3 is 8.85 Å². The standard InChI is InChI=1S/C11H26N2O2Si/c1-7-12-9-11(3,4)10-13(8-2)16(12,14-5)15-6/h7-10H2,1-6H3. The third-order valence-corrected chi connectivity index (χ3v) is 6.94. The SMILES string of the molecule is CCN1CC(C)(C)CN(CC)[Si]1(OC)OC. The van der Waals surface area contributed by atoms with Gasteiger partial charge in [0.15, 0.2) is 0 Å². The highest BCUT2D eigenvalue weighted by molar-refractivity contribution is 6.61. The average molecular weight is 246 g/mol. The van der Waals surface area contributed by atoms with Crippen LogP contribution in [0.25, 0.3) is 0 Å². The molecule has 5 heteroatoms. The van der Waals surface area contributed by atoms with E-state index in [4.69, 9.17) is 8.85 Å². The zero-order valence-electron chi connectivity index (χ0n) is 11.5. The van der Waals surface area contributed by atoms with Crippen LogP contribution < -0.4 is 0 Å². The molecule has 0 saturated carbocycles.